The molecule has 1 aromatic rings. The number of guanidine groups is 1. The molecule has 1 saturated carbocycles. The lowest BCUT2D eigenvalue weighted by Crippen LogP contribution is -2.40. The van der Waals surface area contributed by atoms with Crippen molar-refractivity contribution < 1.29 is 26.7 Å². The van der Waals surface area contributed by atoms with Crippen LogP contribution in [0.4, 0.5) is 27.6 Å². The molecule has 0 spiro atoms. The third kappa shape index (κ3) is 5.81. The molecule has 3 N–H and O–H groups in total. The van der Waals surface area contributed by atoms with Crippen molar-refractivity contribution in [1.82, 2.24) is 0 Å². The van der Waals surface area contributed by atoms with Crippen LogP contribution in [0.2, 0.25) is 0 Å². The Morgan fingerprint density at radius 1 is 1.32 bits per heavy atom. The number of hydrogen-bond acceptors (Lipinski definition) is 2. The fourth-order valence-electron chi connectivity index (χ4n) is 1.87. The minimum absolute atomic E-state index is 0. The van der Waals surface area contributed by atoms with E-state index in [4.69, 9.17) is 5.73 Å². The van der Waals surface area contributed by atoms with Crippen LogP contribution >= 0.6 is 24.0 Å². The molecule has 1 fully saturated rings. The molecule has 0 aromatic heterocycles. The number of aliphatic imine (C=N–C) groups is 1. The van der Waals surface area contributed by atoms with Crippen molar-refractivity contribution in [3.05, 3.63) is 24.3 Å². The van der Waals surface area contributed by atoms with Crippen molar-refractivity contribution in [1.29, 1.82) is 0 Å². The SMILES string of the molecule is I.NC(=NC1CC(F)(F)C1)Nc1cccc(OC(F)(F)F)c1. The molecule has 0 saturated heterocycles. The van der Waals surface area contributed by atoms with Gasteiger partial charge in [0.05, 0.1) is 6.04 Å². The maximum Gasteiger partial charge on any atom is 0.573 e. The van der Waals surface area contributed by atoms with Crippen LogP contribution in [0.3, 0.4) is 0 Å². The first-order valence-corrected chi connectivity index (χ1v) is 5.97. The van der Waals surface area contributed by atoms with Gasteiger partial charge in [0, 0.05) is 24.6 Å². The molecule has 1 aliphatic rings. The summed E-state index contributed by atoms with van der Waals surface area (Å²) in [6, 6.07) is 4.39. The highest BCUT2D eigenvalue weighted by molar-refractivity contribution is 14.0. The summed E-state index contributed by atoms with van der Waals surface area (Å²) < 4.78 is 65.2. The molecule has 22 heavy (non-hydrogen) atoms. The Labute approximate surface area is 139 Å². The minimum Gasteiger partial charge on any atom is -0.406 e. The van der Waals surface area contributed by atoms with Crippen molar-refractivity contribution in [3.8, 4) is 5.75 Å². The lowest BCUT2D eigenvalue weighted by molar-refractivity contribution is -0.274. The lowest BCUT2D eigenvalue weighted by Gasteiger charge is -2.32. The Morgan fingerprint density at radius 2 is 1.95 bits per heavy atom. The third-order valence-corrected chi connectivity index (χ3v) is 2.73. The highest BCUT2D eigenvalue weighted by atomic mass is 127. The van der Waals surface area contributed by atoms with E-state index in [0.29, 0.717) is 0 Å². The van der Waals surface area contributed by atoms with Gasteiger partial charge in [0.2, 0.25) is 0 Å². The Balaban J connectivity index is 0.00000242. The number of benzene rings is 1. The number of ether oxygens (including phenoxy) is 1. The fourth-order valence-corrected chi connectivity index (χ4v) is 1.87. The van der Waals surface area contributed by atoms with E-state index in [1.807, 2.05) is 0 Å². The summed E-state index contributed by atoms with van der Waals surface area (Å²) in [5.74, 6) is -3.27. The monoisotopic (exact) mass is 437 g/mol. The molecular weight excluding hydrogens is 424 g/mol. The highest BCUT2D eigenvalue weighted by Crippen LogP contribution is 2.39. The summed E-state index contributed by atoms with van der Waals surface area (Å²) in [6.07, 6.45) is -5.56. The Bertz CT molecular complexity index is 542. The molecule has 0 amide bonds. The zero-order valence-corrected chi connectivity index (χ0v) is 13.4. The largest absolute Gasteiger partial charge is 0.573 e. The normalized spacial score (nSPS) is 18.1. The molecule has 0 heterocycles. The van der Waals surface area contributed by atoms with Crippen LogP contribution < -0.4 is 15.8 Å². The molecule has 0 unspecified atom stereocenters. The van der Waals surface area contributed by atoms with E-state index in [1.54, 1.807) is 0 Å². The number of nitrogens with two attached hydrogens (primary N) is 1. The zero-order valence-electron chi connectivity index (χ0n) is 11.0. The minimum atomic E-state index is -4.80. The molecule has 1 aliphatic carbocycles. The second-order valence-corrected chi connectivity index (χ2v) is 4.63. The average Bonchev–Trinajstić information content (AvgIpc) is 2.23. The van der Waals surface area contributed by atoms with Gasteiger partial charge in [0.1, 0.15) is 5.75 Å². The van der Waals surface area contributed by atoms with E-state index in [0.717, 1.165) is 12.1 Å². The third-order valence-electron chi connectivity index (χ3n) is 2.73. The predicted octanol–water partition coefficient (Wildman–Crippen LogP) is 3.73. The number of hydrogen-bond donors (Lipinski definition) is 2. The number of nitrogens with zero attached hydrogens (tertiary/aromatic N) is 1. The number of nitrogens with one attached hydrogen (secondary N) is 1. The smallest absolute Gasteiger partial charge is 0.406 e. The summed E-state index contributed by atoms with van der Waals surface area (Å²) in [5.41, 5.74) is 5.73. The quantitative estimate of drug-likeness (QED) is 0.328. The van der Waals surface area contributed by atoms with Crippen LogP contribution in [0, 0.1) is 0 Å². The van der Waals surface area contributed by atoms with Gasteiger partial charge in [-0.15, -0.1) is 37.1 Å². The molecule has 124 valence electrons. The number of anilines is 1. The van der Waals surface area contributed by atoms with E-state index in [-0.39, 0.29) is 48.5 Å². The van der Waals surface area contributed by atoms with E-state index in [1.165, 1.54) is 12.1 Å². The standard InChI is InChI=1S/C12H12F5N3O.HI/c13-11(14)5-8(6-11)20-10(18)19-7-2-1-3-9(4-7)21-12(15,16)17;/h1-4,8H,5-6H2,(H3,18,19,20);1H. The Kier molecular flexibility index (Phi) is 5.82. The first kappa shape index (κ1) is 18.7. The molecule has 0 atom stereocenters. The summed E-state index contributed by atoms with van der Waals surface area (Å²) in [5, 5.41) is 2.53. The lowest BCUT2D eigenvalue weighted by atomic mass is 9.89. The van der Waals surface area contributed by atoms with Gasteiger partial charge in [0.15, 0.2) is 5.96 Å². The highest BCUT2D eigenvalue weighted by Gasteiger charge is 2.45. The molecule has 10 heteroatoms. The van der Waals surface area contributed by atoms with E-state index < -0.39 is 24.1 Å². The fraction of sp³-hybridized carbons (Fsp3) is 0.417. The maximum atomic E-state index is 12.6. The van der Waals surface area contributed by atoms with Crippen molar-refractivity contribution in [2.75, 3.05) is 5.32 Å². The van der Waals surface area contributed by atoms with Gasteiger partial charge >= 0.3 is 6.36 Å². The van der Waals surface area contributed by atoms with Crippen molar-refractivity contribution in [3.63, 3.8) is 0 Å². The van der Waals surface area contributed by atoms with E-state index >= 15 is 0 Å². The molecule has 0 aliphatic heterocycles. The summed E-state index contributed by atoms with van der Waals surface area (Å²) in [7, 11) is 0. The first-order chi connectivity index (χ1) is 9.63. The molecule has 2 rings (SSSR count). The van der Waals surface area contributed by atoms with E-state index in [2.05, 4.69) is 15.0 Å². The van der Waals surface area contributed by atoms with Crippen LogP contribution in [-0.2, 0) is 0 Å². The number of rotatable bonds is 3. The second-order valence-electron chi connectivity index (χ2n) is 4.63. The first-order valence-electron chi connectivity index (χ1n) is 5.97. The molecule has 0 radical (unpaired) electrons. The maximum absolute atomic E-state index is 12.6. The van der Waals surface area contributed by atoms with Gasteiger partial charge in [-0.05, 0) is 12.1 Å². The van der Waals surface area contributed by atoms with Crippen molar-refractivity contribution >= 4 is 35.6 Å². The summed E-state index contributed by atoms with van der Waals surface area (Å²) in [6.45, 7) is 0. The zero-order chi connectivity index (χ0) is 15.7. The molecular formula is C12H13F5IN3O. The van der Waals surface area contributed by atoms with Crippen molar-refractivity contribution in [2.45, 2.75) is 31.2 Å². The summed E-state index contributed by atoms with van der Waals surface area (Å²) in [4.78, 5) is 3.82. The van der Waals surface area contributed by atoms with Crippen LogP contribution in [0.25, 0.3) is 0 Å². The van der Waals surface area contributed by atoms with Gasteiger partial charge in [-0.2, -0.15) is 0 Å². The van der Waals surface area contributed by atoms with Gasteiger partial charge in [-0.3, -0.25) is 0 Å². The molecule has 4 nitrogen and oxygen atoms in total. The summed E-state index contributed by atoms with van der Waals surface area (Å²) >= 11 is 0. The van der Waals surface area contributed by atoms with Gasteiger partial charge in [0.25, 0.3) is 5.92 Å². The topological polar surface area (TPSA) is 59.6 Å². The molecule has 1 aromatic carbocycles. The van der Waals surface area contributed by atoms with Crippen molar-refractivity contribution in [2.24, 2.45) is 10.7 Å². The van der Waals surface area contributed by atoms with Crippen LogP contribution in [0.1, 0.15) is 12.8 Å². The van der Waals surface area contributed by atoms with Crippen LogP contribution in [0.15, 0.2) is 29.3 Å². The van der Waals surface area contributed by atoms with Gasteiger partial charge < -0.3 is 15.8 Å². The number of halogens is 6. The van der Waals surface area contributed by atoms with Crippen LogP contribution in [-0.4, -0.2) is 24.3 Å². The van der Waals surface area contributed by atoms with Gasteiger partial charge in [-0.25, -0.2) is 13.8 Å². The van der Waals surface area contributed by atoms with Gasteiger partial charge in [-0.1, -0.05) is 6.07 Å². The number of alkyl halides is 5. The van der Waals surface area contributed by atoms with Crippen LogP contribution in [0.5, 0.6) is 5.75 Å². The Morgan fingerprint density at radius 3 is 2.50 bits per heavy atom. The molecule has 0 bridgehead atoms. The Hall–Kier alpha value is -1.33. The second kappa shape index (κ2) is 6.84. The van der Waals surface area contributed by atoms with E-state index in [9.17, 15) is 22.0 Å². The predicted molar refractivity (Wildman–Crippen MR) is 81.8 cm³/mol. The average molecular weight is 437 g/mol.